The fraction of sp³-hybridized carbons (Fsp3) is 0.333. The van der Waals surface area contributed by atoms with Crippen LogP contribution in [0, 0.1) is 13.8 Å². The molecule has 1 aromatic carbocycles. The Labute approximate surface area is 119 Å². The third-order valence-corrected chi connectivity index (χ3v) is 3.32. The van der Waals surface area contributed by atoms with Gasteiger partial charge in [-0.05, 0) is 43.5 Å². The van der Waals surface area contributed by atoms with Gasteiger partial charge >= 0.3 is 0 Å². The summed E-state index contributed by atoms with van der Waals surface area (Å²) in [7, 11) is 2.01. The molecule has 3 N–H and O–H groups in total. The first-order valence-electron chi connectivity index (χ1n) is 6.69. The van der Waals surface area contributed by atoms with Gasteiger partial charge in [-0.25, -0.2) is 15.8 Å². The molecular formula is C15H21N5. The molecule has 106 valence electrons. The quantitative estimate of drug-likeness (QED) is 0.661. The van der Waals surface area contributed by atoms with Crippen LogP contribution in [0.4, 0.5) is 17.3 Å². The third kappa shape index (κ3) is 2.72. The summed E-state index contributed by atoms with van der Waals surface area (Å²) >= 11 is 0. The summed E-state index contributed by atoms with van der Waals surface area (Å²) in [5.74, 6) is 7.07. The molecular weight excluding hydrogens is 250 g/mol. The molecule has 2 aromatic rings. The van der Waals surface area contributed by atoms with Gasteiger partial charge < -0.3 is 10.3 Å². The minimum absolute atomic E-state index is 0.675. The van der Waals surface area contributed by atoms with Crippen LogP contribution in [0.25, 0.3) is 0 Å². The van der Waals surface area contributed by atoms with Gasteiger partial charge in [-0.2, -0.15) is 0 Å². The van der Waals surface area contributed by atoms with Gasteiger partial charge in [0.1, 0.15) is 18.0 Å². The minimum atomic E-state index is 0.675. The minimum Gasteiger partial charge on any atom is -0.329 e. The second-order valence-corrected chi connectivity index (χ2v) is 4.93. The zero-order valence-corrected chi connectivity index (χ0v) is 12.4. The van der Waals surface area contributed by atoms with Crippen molar-refractivity contribution in [2.24, 2.45) is 5.84 Å². The second-order valence-electron chi connectivity index (χ2n) is 4.93. The molecule has 2 rings (SSSR count). The van der Waals surface area contributed by atoms with E-state index < -0.39 is 0 Å². The average molecular weight is 271 g/mol. The second kappa shape index (κ2) is 5.88. The predicted molar refractivity (Wildman–Crippen MR) is 83.2 cm³/mol. The van der Waals surface area contributed by atoms with Crippen LogP contribution in [0.15, 0.2) is 24.5 Å². The van der Waals surface area contributed by atoms with Crippen LogP contribution >= 0.6 is 0 Å². The van der Waals surface area contributed by atoms with Crippen LogP contribution in [0.2, 0.25) is 0 Å². The lowest BCUT2D eigenvalue weighted by atomic mass is 10.1. The number of anilines is 3. The van der Waals surface area contributed by atoms with Crippen LogP contribution in [-0.4, -0.2) is 17.0 Å². The number of nitrogen functional groups attached to an aromatic ring is 1. The van der Waals surface area contributed by atoms with Crippen LogP contribution in [0.3, 0.4) is 0 Å². The predicted octanol–water partition coefficient (Wildman–Crippen LogP) is 2.71. The number of benzene rings is 1. The van der Waals surface area contributed by atoms with Gasteiger partial charge in [0.05, 0.1) is 0 Å². The van der Waals surface area contributed by atoms with E-state index in [9.17, 15) is 0 Å². The molecule has 0 aliphatic rings. The zero-order chi connectivity index (χ0) is 14.7. The summed E-state index contributed by atoms with van der Waals surface area (Å²) in [6.07, 6.45) is 2.34. The van der Waals surface area contributed by atoms with E-state index in [2.05, 4.69) is 59.3 Å². The fourth-order valence-corrected chi connectivity index (χ4v) is 2.41. The molecule has 0 fully saturated rings. The fourth-order valence-electron chi connectivity index (χ4n) is 2.41. The molecule has 0 radical (unpaired) electrons. The zero-order valence-electron chi connectivity index (χ0n) is 12.4. The van der Waals surface area contributed by atoms with Crippen LogP contribution < -0.4 is 16.2 Å². The van der Waals surface area contributed by atoms with E-state index in [0.29, 0.717) is 5.82 Å². The molecule has 0 aliphatic heterocycles. The molecule has 0 saturated carbocycles. The van der Waals surface area contributed by atoms with Gasteiger partial charge in [0.2, 0.25) is 0 Å². The van der Waals surface area contributed by atoms with Crippen molar-refractivity contribution in [1.82, 2.24) is 9.97 Å². The smallest absolute Gasteiger partial charge is 0.148 e. The van der Waals surface area contributed by atoms with Crippen molar-refractivity contribution in [2.75, 3.05) is 17.4 Å². The topological polar surface area (TPSA) is 67.1 Å². The van der Waals surface area contributed by atoms with Crippen molar-refractivity contribution in [1.29, 1.82) is 0 Å². The summed E-state index contributed by atoms with van der Waals surface area (Å²) in [6, 6.07) is 6.44. The molecule has 1 heterocycles. The maximum Gasteiger partial charge on any atom is 0.148 e. The molecule has 0 spiro atoms. The highest BCUT2D eigenvalue weighted by Gasteiger charge is 2.14. The van der Waals surface area contributed by atoms with E-state index in [4.69, 9.17) is 5.84 Å². The molecule has 5 heteroatoms. The van der Waals surface area contributed by atoms with Gasteiger partial charge in [0.15, 0.2) is 0 Å². The maximum atomic E-state index is 5.52. The highest BCUT2D eigenvalue weighted by Crippen LogP contribution is 2.29. The Morgan fingerprint density at radius 3 is 2.35 bits per heavy atom. The first-order chi connectivity index (χ1) is 9.56. The number of aromatic nitrogens is 2. The molecule has 0 amide bonds. The van der Waals surface area contributed by atoms with E-state index in [1.54, 1.807) is 0 Å². The first kappa shape index (κ1) is 14.3. The molecule has 1 aromatic heterocycles. The summed E-state index contributed by atoms with van der Waals surface area (Å²) in [5.41, 5.74) is 7.22. The average Bonchev–Trinajstić information content (AvgIpc) is 2.44. The Morgan fingerprint density at radius 1 is 1.15 bits per heavy atom. The highest BCUT2D eigenvalue weighted by molar-refractivity contribution is 5.67. The van der Waals surface area contributed by atoms with Crippen LogP contribution in [-0.2, 0) is 6.42 Å². The first-order valence-corrected chi connectivity index (χ1v) is 6.69. The number of rotatable bonds is 4. The number of aryl methyl sites for hydroxylation is 2. The van der Waals surface area contributed by atoms with Crippen molar-refractivity contribution < 1.29 is 0 Å². The normalized spacial score (nSPS) is 10.4. The Balaban J connectivity index is 2.50. The Bertz CT molecular complexity index is 589. The molecule has 20 heavy (non-hydrogen) atoms. The van der Waals surface area contributed by atoms with Gasteiger partial charge in [0, 0.05) is 18.3 Å². The van der Waals surface area contributed by atoms with Gasteiger partial charge in [-0.15, -0.1) is 0 Å². The van der Waals surface area contributed by atoms with Crippen LogP contribution in [0.1, 0.15) is 23.6 Å². The number of hydrazine groups is 1. The summed E-state index contributed by atoms with van der Waals surface area (Å²) in [6.45, 7) is 6.26. The van der Waals surface area contributed by atoms with E-state index >= 15 is 0 Å². The molecule has 5 nitrogen and oxygen atoms in total. The van der Waals surface area contributed by atoms with Crippen molar-refractivity contribution in [3.8, 4) is 0 Å². The van der Waals surface area contributed by atoms with Crippen molar-refractivity contribution in [2.45, 2.75) is 27.2 Å². The van der Waals surface area contributed by atoms with Gasteiger partial charge in [-0.3, -0.25) is 0 Å². The van der Waals surface area contributed by atoms with Crippen molar-refractivity contribution in [3.63, 3.8) is 0 Å². The summed E-state index contributed by atoms with van der Waals surface area (Å²) in [5, 5.41) is 0. The lowest BCUT2D eigenvalue weighted by Crippen LogP contribution is -2.18. The Morgan fingerprint density at radius 2 is 1.80 bits per heavy atom. The van der Waals surface area contributed by atoms with Crippen molar-refractivity contribution in [3.05, 3.63) is 41.2 Å². The van der Waals surface area contributed by atoms with Gasteiger partial charge in [0.25, 0.3) is 0 Å². The Kier molecular flexibility index (Phi) is 4.20. The van der Waals surface area contributed by atoms with E-state index in [1.165, 1.54) is 17.5 Å². The summed E-state index contributed by atoms with van der Waals surface area (Å²) < 4.78 is 0. The number of nitrogens with zero attached hydrogens (tertiary/aromatic N) is 3. The Hall–Kier alpha value is -2.14. The molecule has 0 bridgehead atoms. The maximum absolute atomic E-state index is 5.52. The highest BCUT2D eigenvalue weighted by atomic mass is 15.3. The van der Waals surface area contributed by atoms with E-state index in [0.717, 1.165) is 23.5 Å². The van der Waals surface area contributed by atoms with Crippen molar-refractivity contribution >= 4 is 17.3 Å². The number of hydrogen-bond acceptors (Lipinski definition) is 5. The molecule has 0 atom stereocenters. The van der Waals surface area contributed by atoms with Crippen LogP contribution in [0.5, 0.6) is 0 Å². The third-order valence-electron chi connectivity index (χ3n) is 3.32. The standard InChI is InChI=1S/C15H21N5/c1-5-13-14(19-16)17-9-18-15(13)20(4)12-7-10(2)6-11(3)8-12/h6-9H,5,16H2,1-4H3,(H,17,18,19). The van der Waals surface area contributed by atoms with E-state index in [1.807, 2.05) is 7.05 Å². The molecule has 0 saturated heterocycles. The number of nitrogens with two attached hydrogens (primary N) is 1. The molecule has 0 aliphatic carbocycles. The number of nitrogens with one attached hydrogen (secondary N) is 1. The van der Waals surface area contributed by atoms with E-state index in [-0.39, 0.29) is 0 Å². The SMILES string of the molecule is CCc1c(NN)ncnc1N(C)c1cc(C)cc(C)c1. The monoisotopic (exact) mass is 271 g/mol. The lowest BCUT2D eigenvalue weighted by Gasteiger charge is -2.22. The largest absolute Gasteiger partial charge is 0.329 e. The summed E-state index contributed by atoms with van der Waals surface area (Å²) in [4.78, 5) is 10.6. The van der Waals surface area contributed by atoms with Gasteiger partial charge in [-0.1, -0.05) is 13.0 Å². The molecule has 0 unspecified atom stereocenters. The lowest BCUT2D eigenvalue weighted by molar-refractivity contribution is 0.993. The number of hydrogen-bond donors (Lipinski definition) is 2.